The van der Waals surface area contributed by atoms with Gasteiger partial charge >= 0.3 is 11.9 Å². The van der Waals surface area contributed by atoms with Crippen LogP contribution in [0.2, 0.25) is 0 Å². The van der Waals surface area contributed by atoms with Crippen LogP contribution in [0.25, 0.3) is 6.08 Å². The quantitative estimate of drug-likeness (QED) is 0.182. The first kappa shape index (κ1) is 42.8. The minimum atomic E-state index is -1.32. The SMILES string of the molecule is CC[C@H]1OC(=O)C[C@@H](O)[C@H](C)[C@@H](O[C@@H]2O[C@H](C)[C@@H](O)[C@H](N(C)C)[C@H]2O)[C@@H](CC=O)C[C@@H](C)C(=O)/C=C/C(C)=C/[C@@H]1COC(=O)/C=C/c1cccnc1. The zero-order valence-corrected chi connectivity index (χ0v) is 31.2. The number of aldehydes is 1. The average molecular weight is 729 g/mol. The molecule has 1 saturated heterocycles. The van der Waals surface area contributed by atoms with Gasteiger partial charge in [-0.3, -0.25) is 14.6 Å². The lowest BCUT2D eigenvalue weighted by Crippen LogP contribution is -2.63. The molecule has 3 rings (SSSR count). The number of ether oxygens (including phenoxy) is 4. The van der Waals surface area contributed by atoms with Gasteiger partial charge in [-0.25, -0.2) is 4.79 Å². The maximum absolute atomic E-state index is 13.4. The molecule has 2 aliphatic heterocycles. The Balaban J connectivity index is 1.93. The Morgan fingerprint density at radius 2 is 1.85 bits per heavy atom. The second kappa shape index (κ2) is 20.6. The maximum atomic E-state index is 13.4. The fourth-order valence-electron chi connectivity index (χ4n) is 6.78. The Morgan fingerprint density at radius 3 is 2.48 bits per heavy atom. The minimum Gasteiger partial charge on any atom is -0.462 e. The molecule has 0 saturated carbocycles. The summed E-state index contributed by atoms with van der Waals surface area (Å²) in [6.45, 7) is 8.53. The lowest BCUT2D eigenvalue weighted by atomic mass is 9.79. The zero-order chi connectivity index (χ0) is 38.5. The first-order valence-corrected chi connectivity index (χ1v) is 18.0. The van der Waals surface area contributed by atoms with Gasteiger partial charge in [-0.1, -0.05) is 44.6 Å². The molecule has 0 spiro atoms. The molecule has 1 aromatic rings. The molecule has 3 heterocycles. The van der Waals surface area contributed by atoms with Gasteiger partial charge in [0.05, 0.1) is 36.9 Å². The number of hydrogen-bond acceptors (Lipinski definition) is 13. The van der Waals surface area contributed by atoms with Crippen molar-refractivity contribution < 1.29 is 53.4 Å². The van der Waals surface area contributed by atoms with E-state index in [1.165, 1.54) is 12.2 Å². The number of aliphatic hydroxyl groups is 3. The number of hydrogen-bond donors (Lipinski definition) is 3. The summed E-state index contributed by atoms with van der Waals surface area (Å²) in [6, 6.07) is 2.79. The summed E-state index contributed by atoms with van der Waals surface area (Å²) in [6.07, 6.45) is 4.47. The van der Waals surface area contributed by atoms with E-state index in [2.05, 4.69) is 4.98 Å². The third kappa shape index (κ3) is 12.2. The fourth-order valence-corrected chi connectivity index (χ4v) is 6.78. The van der Waals surface area contributed by atoms with Gasteiger partial charge in [-0.15, -0.1) is 0 Å². The van der Waals surface area contributed by atoms with Crippen molar-refractivity contribution in [3.63, 3.8) is 0 Å². The molecule has 0 aliphatic carbocycles. The van der Waals surface area contributed by atoms with E-state index in [-0.39, 0.29) is 25.2 Å². The largest absolute Gasteiger partial charge is 0.462 e. The molecule has 0 radical (unpaired) electrons. The number of carbonyl (C=O) groups excluding carboxylic acids is 4. The molecule has 52 heavy (non-hydrogen) atoms. The fraction of sp³-hybridized carbons (Fsp3) is 0.615. The number of aliphatic hydroxyl groups excluding tert-OH is 3. The van der Waals surface area contributed by atoms with Crippen LogP contribution in [-0.2, 0) is 38.1 Å². The summed E-state index contributed by atoms with van der Waals surface area (Å²) in [5.41, 5.74) is 1.39. The number of likely N-dealkylation sites (N-methyl/N-ethyl adjacent to an activating group) is 1. The van der Waals surface area contributed by atoms with Crippen molar-refractivity contribution in [3.05, 3.63) is 60.0 Å². The zero-order valence-electron chi connectivity index (χ0n) is 31.2. The monoisotopic (exact) mass is 728 g/mol. The van der Waals surface area contributed by atoms with Crippen molar-refractivity contribution in [1.29, 1.82) is 0 Å². The molecular formula is C39H56N2O11. The molecule has 13 heteroatoms. The first-order valence-electron chi connectivity index (χ1n) is 18.0. The molecule has 13 nitrogen and oxygen atoms in total. The first-order chi connectivity index (χ1) is 24.7. The number of cyclic esters (lactones) is 1. The molecule has 0 aromatic carbocycles. The van der Waals surface area contributed by atoms with Crippen LogP contribution in [0.1, 0.15) is 65.9 Å². The third-order valence-electron chi connectivity index (χ3n) is 9.87. The molecule has 3 N–H and O–H groups in total. The summed E-state index contributed by atoms with van der Waals surface area (Å²) >= 11 is 0. The highest BCUT2D eigenvalue weighted by Gasteiger charge is 2.47. The van der Waals surface area contributed by atoms with Crippen molar-refractivity contribution in [2.45, 2.75) is 109 Å². The highest BCUT2D eigenvalue weighted by Crippen LogP contribution is 2.34. The van der Waals surface area contributed by atoms with Gasteiger partial charge < -0.3 is 44.0 Å². The topological polar surface area (TPSA) is 182 Å². The van der Waals surface area contributed by atoms with Crippen molar-refractivity contribution in [3.8, 4) is 0 Å². The smallest absolute Gasteiger partial charge is 0.330 e. The lowest BCUT2D eigenvalue weighted by molar-refractivity contribution is -0.304. The van der Waals surface area contributed by atoms with E-state index in [4.69, 9.17) is 18.9 Å². The van der Waals surface area contributed by atoms with Crippen molar-refractivity contribution in [1.82, 2.24) is 9.88 Å². The molecule has 1 aromatic heterocycles. The molecule has 288 valence electrons. The summed E-state index contributed by atoms with van der Waals surface area (Å²) in [5.74, 6) is -4.06. The molecular weight excluding hydrogens is 672 g/mol. The third-order valence-corrected chi connectivity index (χ3v) is 9.87. The number of rotatable bonds is 10. The summed E-state index contributed by atoms with van der Waals surface area (Å²) in [5, 5.41) is 33.5. The van der Waals surface area contributed by atoms with Crippen molar-refractivity contribution in [2.24, 2.45) is 23.7 Å². The van der Waals surface area contributed by atoms with Gasteiger partial charge in [0.2, 0.25) is 0 Å². The number of allylic oxidation sites excluding steroid dienone is 3. The normalized spacial score (nSPS) is 35.8. The Kier molecular flexibility index (Phi) is 17.0. The van der Waals surface area contributed by atoms with Gasteiger partial charge in [0, 0.05) is 42.6 Å². The predicted molar refractivity (Wildman–Crippen MR) is 192 cm³/mol. The minimum absolute atomic E-state index is 0.0275. The van der Waals surface area contributed by atoms with Crippen LogP contribution in [-0.4, -0.2) is 119 Å². The average Bonchev–Trinajstić information content (AvgIpc) is 3.10. The van der Waals surface area contributed by atoms with E-state index in [0.717, 1.165) is 5.56 Å². The number of nitrogens with zero attached hydrogens (tertiary/aromatic N) is 2. The van der Waals surface area contributed by atoms with E-state index in [1.54, 1.807) is 89.4 Å². The van der Waals surface area contributed by atoms with Crippen LogP contribution in [0.4, 0.5) is 0 Å². The Bertz CT molecular complexity index is 1410. The number of esters is 2. The maximum Gasteiger partial charge on any atom is 0.330 e. The van der Waals surface area contributed by atoms with Gasteiger partial charge in [0.1, 0.15) is 25.1 Å². The van der Waals surface area contributed by atoms with Gasteiger partial charge in [0.25, 0.3) is 0 Å². The number of carbonyl (C=O) groups is 4. The molecule has 0 unspecified atom stereocenters. The van der Waals surface area contributed by atoms with Crippen LogP contribution >= 0.6 is 0 Å². The number of ketones is 1. The Morgan fingerprint density at radius 1 is 1.12 bits per heavy atom. The summed E-state index contributed by atoms with van der Waals surface area (Å²) in [7, 11) is 3.42. The summed E-state index contributed by atoms with van der Waals surface area (Å²) < 4.78 is 23.7. The Hall–Kier alpha value is -3.59. The highest BCUT2D eigenvalue weighted by atomic mass is 16.7. The van der Waals surface area contributed by atoms with Crippen LogP contribution in [0, 0.1) is 23.7 Å². The molecule has 12 atom stereocenters. The van der Waals surface area contributed by atoms with Gasteiger partial charge in [0.15, 0.2) is 12.1 Å². The van der Waals surface area contributed by atoms with Gasteiger partial charge in [-0.05, 0) is 70.5 Å². The predicted octanol–water partition coefficient (Wildman–Crippen LogP) is 3.06. The summed E-state index contributed by atoms with van der Waals surface area (Å²) in [4.78, 5) is 57.1. The van der Waals surface area contributed by atoms with Crippen LogP contribution in [0.15, 0.2) is 54.4 Å². The van der Waals surface area contributed by atoms with Crippen LogP contribution in [0.3, 0.4) is 0 Å². The van der Waals surface area contributed by atoms with E-state index < -0.39 is 91.0 Å². The number of aromatic nitrogens is 1. The molecule has 1 fully saturated rings. The van der Waals surface area contributed by atoms with Crippen LogP contribution < -0.4 is 0 Å². The number of pyridine rings is 1. The van der Waals surface area contributed by atoms with Crippen molar-refractivity contribution >= 4 is 30.1 Å². The van der Waals surface area contributed by atoms with Gasteiger partial charge in [-0.2, -0.15) is 0 Å². The van der Waals surface area contributed by atoms with E-state index in [0.29, 0.717) is 18.3 Å². The van der Waals surface area contributed by atoms with E-state index in [9.17, 15) is 34.5 Å². The second-order valence-electron chi connectivity index (χ2n) is 14.2. The molecule has 0 bridgehead atoms. The molecule has 0 amide bonds. The second-order valence-corrected chi connectivity index (χ2v) is 14.2. The van der Waals surface area contributed by atoms with E-state index >= 15 is 0 Å². The van der Waals surface area contributed by atoms with E-state index in [1.807, 2.05) is 6.92 Å². The Labute approximate surface area is 306 Å². The molecule has 2 aliphatic rings. The highest BCUT2D eigenvalue weighted by molar-refractivity contribution is 5.91. The standard InChI is InChI=1S/C39H56N2O11/c1-8-32-29(22-49-33(45)14-12-27-10-9-16-40-21-27)18-23(2)11-13-30(43)24(3)19-28(15-17-42)38(25(4)31(44)20-34(46)51-32)52-39-37(48)35(41(6)7)36(47)26(5)50-39/h9-14,16-18,21,24-26,28-29,31-32,35-39,44,47-48H,8,15,19-20,22H2,1-7H3/b13-11+,14-12+,23-18+/t24-,25+,26-,28+,29-,31-,32-,35+,36-,37-,38-,39+/m1/s1. The van der Waals surface area contributed by atoms with Crippen molar-refractivity contribution in [2.75, 3.05) is 20.7 Å². The van der Waals surface area contributed by atoms with Crippen LogP contribution in [0.5, 0.6) is 0 Å². The lowest BCUT2D eigenvalue weighted by Gasteiger charge is -2.46.